The molecule has 1 unspecified atom stereocenters. The van der Waals surface area contributed by atoms with E-state index in [2.05, 4.69) is 31.9 Å². The summed E-state index contributed by atoms with van der Waals surface area (Å²) in [6.45, 7) is 0.902. The normalized spacial score (nSPS) is 19.3. The standard InChI is InChI=1S/C12H12Br2N2O3/c13-7-1-2-9(14)8(5-7)12(18)16-3-4-19-6-10(16)11(15)17/h1-2,5,10H,3-4,6H2,(H2,15,17). The van der Waals surface area contributed by atoms with Crippen molar-refractivity contribution in [2.24, 2.45) is 5.73 Å². The molecule has 0 bridgehead atoms. The minimum absolute atomic E-state index is 0.146. The van der Waals surface area contributed by atoms with Crippen LogP contribution < -0.4 is 5.73 Å². The van der Waals surface area contributed by atoms with Gasteiger partial charge in [0.1, 0.15) is 6.04 Å². The fraction of sp³-hybridized carbons (Fsp3) is 0.333. The van der Waals surface area contributed by atoms with Gasteiger partial charge in [0.15, 0.2) is 0 Å². The summed E-state index contributed by atoms with van der Waals surface area (Å²) < 4.78 is 6.67. The number of morpholine rings is 1. The highest BCUT2D eigenvalue weighted by Crippen LogP contribution is 2.24. The maximum Gasteiger partial charge on any atom is 0.255 e. The third-order valence-corrected chi connectivity index (χ3v) is 4.06. The van der Waals surface area contributed by atoms with E-state index in [1.165, 1.54) is 4.90 Å². The predicted molar refractivity (Wildman–Crippen MR) is 76.7 cm³/mol. The van der Waals surface area contributed by atoms with Gasteiger partial charge in [0.05, 0.1) is 18.8 Å². The molecule has 1 aliphatic heterocycles. The second kappa shape index (κ2) is 6.02. The Hall–Kier alpha value is -0.920. The van der Waals surface area contributed by atoms with Gasteiger partial charge < -0.3 is 15.4 Å². The van der Waals surface area contributed by atoms with Gasteiger partial charge in [0, 0.05) is 15.5 Å². The van der Waals surface area contributed by atoms with Gasteiger partial charge >= 0.3 is 0 Å². The van der Waals surface area contributed by atoms with Crippen molar-refractivity contribution in [3.8, 4) is 0 Å². The Bertz CT molecular complexity index is 522. The van der Waals surface area contributed by atoms with Crippen LogP contribution in [0.5, 0.6) is 0 Å². The summed E-state index contributed by atoms with van der Waals surface area (Å²) in [6.07, 6.45) is 0. The summed E-state index contributed by atoms with van der Waals surface area (Å²) >= 11 is 6.66. The van der Waals surface area contributed by atoms with Crippen LogP contribution in [0.25, 0.3) is 0 Å². The lowest BCUT2D eigenvalue weighted by atomic mass is 10.1. The average molecular weight is 392 g/mol. The average Bonchev–Trinajstić information content (AvgIpc) is 2.40. The maximum absolute atomic E-state index is 12.5. The first-order valence-electron chi connectivity index (χ1n) is 5.64. The van der Waals surface area contributed by atoms with Crippen molar-refractivity contribution in [3.63, 3.8) is 0 Å². The Morgan fingerprint density at radius 2 is 2.11 bits per heavy atom. The molecule has 1 saturated heterocycles. The van der Waals surface area contributed by atoms with E-state index in [4.69, 9.17) is 10.5 Å². The van der Waals surface area contributed by atoms with Gasteiger partial charge in [-0.25, -0.2) is 0 Å². The molecule has 2 N–H and O–H groups in total. The third kappa shape index (κ3) is 3.16. The molecule has 0 radical (unpaired) electrons. The fourth-order valence-corrected chi connectivity index (χ4v) is 2.68. The van der Waals surface area contributed by atoms with Gasteiger partial charge in [-0.05, 0) is 34.1 Å². The summed E-state index contributed by atoms with van der Waals surface area (Å²) in [5.41, 5.74) is 5.80. The number of nitrogens with two attached hydrogens (primary N) is 1. The smallest absolute Gasteiger partial charge is 0.255 e. The van der Waals surface area contributed by atoms with Crippen LogP contribution in [0.15, 0.2) is 27.1 Å². The minimum atomic E-state index is -0.716. The first-order chi connectivity index (χ1) is 9.00. The SMILES string of the molecule is NC(=O)C1COCCN1C(=O)c1cc(Br)ccc1Br. The number of ether oxygens (including phenoxy) is 1. The number of primary amides is 1. The first-order valence-corrected chi connectivity index (χ1v) is 7.22. The molecule has 1 aliphatic rings. The molecule has 1 aromatic rings. The first kappa shape index (κ1) is 14.5. The van der Waals surface area contributed by atoms with Crippen molar-refractivity contribution >= 4 is 43.7 Å². The van der Waals surface area contributed by atoms with Gasteiger partial charge in [-0.3, -0.25) is 9.59 Å². The number of carbonyl (C=O) groups excluding carboxylic acids is 2. The summed E-state index contributed by atoms with van der Waals surface area (Å²) in [4.78, 5) is 25.3. The zero-order valence-electron chi connectivity index (χ0n) is 9.94. The van der Waals surface area contributed by atoms with Crippen LogP contribution in [-0.2, 0) is 9.53 Å². The topological polar surface area (TPSA) is 72.6 Å². The van der Waals surface area contributed by atoms with E-state index in [0.29, 0.717) is 23.2 Å². The molecule has 1 atom stereocenters. The molecule has 102 valence electrons. The van der Waals surface area contributed by atoms with Crippen LogP contribution >= 0.6 is 31.9 Å². The molecule has 0 aliphatic carbocycles. The van der Waals surface area contributed by atoms with Crippen LogP contribution in [0, 0.1) is 0 Å². The lowest BCUT2D eigenvalue weighted by Crippen LogP contribution is -2.54. The highest BCUT2D eigenvalue weighted by Gasteiger charge is 2.32. The van der Waals surface area contributed by atoms with E-state index < -0.39 is 11.9 Å². The van der Waals surface area contributed by atoms with Crippen molar-refractivity contribution in [1.82, 2.24) is 4.90 Å². The van der Waals surface area contributed by atoms with Crippen molar-refractivity contribution < 1.29 is 14.3 Å². The van der Waals surface area contributed by atoms with Crippen LogP contribution in [-0.4, -0.2) is 42.5 Å². The molecule has 0 aromatic heterocycles. The molecule has 2 amide bonds. The molecule has 0 saturated carbocycles. The second-order valence-corrected chi connectivity index (χ2v) is 5.89. The van der Waals surface area contributed by atoms with Crippen molar-refractivity contribution in [1.29, 1.82) is 0 Å². The quantitative estimate of drug-likeness (QED) is 0.830. The zero-order chi connectivity index (χ0) is 14.0. The number of hydrogen-bond donors (Lipinski definition) is 1. The zero-order valence-corrected chi connectivity index (χ0v) is 13.1. The monoisotopic (exact) mass is 390 g/mol. The van der Waals surface area contributed by atoms with Crippen molar-refractivity contribution in [2.45, 2.75) is 6.04 Å². The Morgan fingerprint density at radius 3 is 2.79 bits per heavy atom. The minimum Gasteiger partial charge on any atom is -0.377 e. The molecule has 7 heteroatoms. The van der Waals surface area contributed by atoms with E-state index in [-0.39, 0.29) is 12.5 Å². The lowest BCUT2D eigenvalue weighted by molar-refractivity contribution is -0.127. The molecular formula is C12H12Br2N2O3. The van der Waals surface area contributed by atoms with Crippen molar-refractivity contribution in [3.05, 3.63) is 32.7 Å². The molecule has 19 heavy (non-hydrogen) atoms. The Morgan fingerprint density at radius 1 is 1.37 bits per heavy atom. The van der Waals surface area contributed by atoms with Crippen LogP contribution in [0.1, 0.15) is 10.4 Å². The number of nitrogens with zero attached hydrogens (tertiary/aromatic N) is 1. The Kier molecular flexibility index (Phi) is 4.59. The Labute approximate surface area is 127 Å². The molecule has 1 aromatic carbocycles. The number of benzene rings is 1. The number of rotatable bonds is 2. The molecule has 1 heterocycles. The van der Waals surface area contributed by atoms with E-state index in [1.807, 2.05) is 6.07 Å². The van der Waals surface area contributed by atoms with Crippen LogP contribution in [0.4, 0.5) is 0 Å². The summed E-state index contributed by atoms with van der Waals surface area (Å²) in [5, 5.41) is 0. The molecule has 5 nitrogen and oxygen atoms in total. The van der Waals surface area contributed by atoms with E-state index in [9.17, 15) is 9.59 Å². The molecule has 0 spiro atoms. The largest absolute Gasteiger partial charge is 0.377 e. The Balaban J connectivity index is 2.31. The van der Waals surface area contributed by atoms with Gasteiger partial charge in [0.2, 0.25) is 5.91 Å². The summed E-state index contributed by atoms with van der Waals surface area (Å²) in [5.74, 6) is -0.792. The van der Waals surface area contributed by atoms with Crippen LogP contribution in [0.2, 0.25) is 0 Å². The number of carbonyl (C=O) groups is 2. The number of amides is 2. The maximum atomic E-state index is 12.5. The molecule has 2 rings (SSSR count). The second-order valence-electron chi connectivity index (χ2n) is 4.12. The highest BCUT2D eigenvalue weighted by atomic mass is 79.9. The van der Waals surface area contributed by atoms with Gasteiger partial charge in [-0.15, -0.1) is 0 Å². The molecule has 1 fully saturated rings. The van der Waals surface area contributed by atoms with E-state index >= 15 is 0 Å². The van der Waals surface area contributed by atoms with Crippen molar-refractivity contribution in [2.75, 3.05) is 19.8 Å². The summed E-state index contributed by atoms with van der Waals surface area (Å²) in [7, 11) is 0. The van der Waals surface area contributed by atoms with Gasteiger partial charge in [0.25, 0.3) is 5.91 Å². The van der Waals surface area contributed by atoms with E-state index in [0.717, 1.165) is 4.47 Å². The third-order valence-electron chi connectivity index (χ3n) is 2.88. The summed E-state index contributed by atoms with van der Waals surface area (Å²) in [6, 6.07) is 4.59. The highest BCUT2D eigenvalue weighted by molar-refractivity contribution is 9.11. The lowest BCUT2D eigenvalue weighted by Gasteiger charge is -2.33. The predicted octanol–water partition coefficient (Wildman–Crippen LogP) is 1.54. The van der Waals surface area contributed by atoms with E-state index in [1.54, 1.807) is 12.1 Å². The van der Waals surface area contributed by atoms with Gasteiger partial charge in [-0.1, -0.05) is 15.9 Å². The van der Waals surface area contributed by atoms with Crippen LogP contribution in [0.3, 0.4) is 0 Å². The molecular weight excluding hydrogens is 380 g/mol. The fourth-order valence-electron chi connectivity index (χ4n) is 1.90. The van der Waals surface area contributed by atoms with Gasteiger partial charge in [-0.2, -0.15) is 0 Å². The number of hydrogen-bond acceptors (Lipinski definition) is 3. The number of halogens is 2.